The maximum Gasteiger partial charge on any atom is 0.186 e. The number of aromatic nitrogens is 1. The van der Waals surface area contributed by atoms with Gasteiger partial charge >= 0.3 is 0 Å². The second kappa shape index (κ2) is 8.54. The number of hydrazone groups is 1. The smallest absolute Gasteiger partial charge is 0.186 e. The molecule has 0 unspecified atom stereocenters. The third-order valence-electron chi connectivity index (χ3n) is 2.17. The molecule has 1 rings (SSSR count). The summed E-state index contributed by atoms with van der Waals surface area (Å²) in [5.41, 5.74) is 4.40. The summed E-state index contributed by atoms with van der Waals surface area (Å²) in [6, 6.07) is 5.68. The van der Waals surface area contributed by atoms with Crippen LogP contribution in [-0.2, 0) is 4.74 Å². The quantitative estimate of drug-likeness (QED) is 0.352. The van der Waals surface area contributed by atoms with Crippen molar-refractivity contribution in [2.45, 2.75) is 13.3 Å². The van der Waals surface area contributed by atoms with Crippen LogP contribution in [-0.4, -0.2) is 36.1 Å². The third kappa shape index (κ3) is 5.70. The van der Waals surface area contributed by atoms with Crippen molar-refractivity contribution < 1.29 is 4.74 Å². The summed E-state index contributed by atoms with van der Waals surface area (Å²) in [6.45, 7) is 3.35. The monoisotopic (exact) mass is 266 g/mol. The van der Waals surface area contributed by atoms with Gasteiger partial charge in [0.25, 0.3) is 0 Å². The Morgan fingerprint density at radius 2 is 2.33 bits per heavy atom. The van der Waals surface area contributed by atoms with Crippen molar-refractivity contribution >= 4 is 23.0 Å². The van der Waals surface area contributed by atoms with E-state index in [9.17, 15) is 0 Å². The van der Waals surface area contributed by atoms with Gasteiger partial charge in [0.1, 0.15) is 0 Å². The molecule has 0 saturated carbocycles. The highest BCUT2D eigenvalue weighted by Crippen LogP contribution is 1.94. The predicted octanol–water partition coefficient (Wildman–Crippen LogP) is 1.31. The maximum absolute atomic E-state index is 5.08. The Labute approximate surface area is 113 Å². The van der Waals surface area contributed by atoms with Crippen LogP contribution >= 0.6 is 12.2 Å². The molecule has 0 aliphatic rings. The van der Waals surface area contributed by atoms with Crippen LogP contribution in [0.25, 0.3) is 0 Å². The van der Waals surface area contributed by atoms with Crippen molar-refractivity contribution in [2.24, 2.45) is 5.10 Å². The Balaban J connectivity index is 2.32. The molecule has 18 heavy (non-hydrogen) atoms. The molecule has 5 nitrogen and oxygen atoms in total. The van der Waals surface area contributed by atoms with Crippen molar-refractivity contribution in [3.8, 4) is 0 Å². The molecule has 0 aliphatic carbocycles. The molecule has 0 bridgehead atoms. The minimum Gasteiger partial charge on any atom is -0.385 e. The van der Waals surface area contributed by atoms with Crippen LogP contribution in [0.2, 0.25) is 0 Å². The predicted molar refractivity (Wildman–Crippen MR) is 76.7 cm³/mol. The lowest BCUT2D eigenvalue weighted by atomic mass is 10.3. The number of methoxy groups -OCH3 is 1. The Bertz CT molecular complexity index is 394. The van der Waals surface area contributed by atoms with E-state index in [-0.39, 0.29) is 0 Å². The highest BCUT2D eigenvalue weighted by Gasteiger charge is 1.98. The van der Waals surface area contributed by atoms with Gasteiger partial charge in [0.2, 0.25) is 0 Å². The summed E-state index contributed by atoms with van der Waals surface area (Å²) in [7, 11) is 1.68. The minimum absolute atomic E-state index is 0.501. The van der Waals surface area contributed by atoms with E-state index in [4.69, 9.17) is 17.0 Å². The molecule has 2 N–H and O–H groups in total. The second-order valence-electron chi connectivity index (χ2n) is 3.63. The normalized spacial score (nSPS) is 11.1. The lowest BCUT2D eigenvalue weighted by molar-refractivity contribution is 0.195. The lowest BCUT2D eigenvalue weighted by Crippen LogP contribution is -2.33. The van der Waals surface area contributed by atoms with E-state index in [0.29, 0.717) is 11.7 Å². The average molecular weight is 266 g/mol. The molecule has 1 aromatic rings. The molecule has 1 heterocycles. The van der Waals surface area contributed by atoms with Crippen LogP contribution in [0, 0.1) is 0 Å². The number of hydrogen-bond acceptors (Lipinski definition) is 4. The number of nitrogens with one attached hydrogen (secondary N) is 2. The highest BCUT2D eigenvalue weighted by molar-refractivity contribution is 7.80. The number of ether oxygens (including phenoxy) is 1. The summed E-state index contributed by atoms with van der Waals surface area (Å²) in [6.07, 6.45) is 2.64. The number of nitrogens with zero attached hydrogens (tertiary/aromatic N) is 2. The second-order valence-corrected chi connectivity index (χ2v) is 4.03. The summed E-state index contributed by atoms with van der Waals surface area (Å²) < 4.78 is 4.94. The fourth-order valence-electron chi connectivity index (χ4n) is 1.23. The zero-order valence-corrected chi connectivity index (χ0v) is 11.5. The third-order valence-corrected chi connectivity index (χ3v) is 2.41. The van der Waals surface area contributed by atoms with Crippen LogP contribution in [0.15, 0.2) is 29.5 Å². The molecule has 0 saturated heterocycles. The Kier molecular flexibility index (Phi) is 6.90. The fourth-order valence-corrected chi connectivity index (χ4v) is 1.37. The van der Waals surface area contributed by atoms with Crippen LogP contribution in [0.1, 0.15) is 19.0 Å². The largest absolute Gasteiger partial charge is 0.385 e. The first-order chi connectivity index (χ1) is 8.74. The summed E-state index contributed by atoms with van der Waals surface area (Å²) in [5.74, 6) is 0. The molecule has 6 heteroatoms. The van der Waals surface area contributed by atoms with Crippen LogP contribution < -0.4 is 10.7 Å². The molecule has 0 amide bonds. The molecular formula is C12H18N4OS. The van der Waals surface area contributed by atoms with Gasteiger partial charge in [0.05, 0.1) is 11.4 Å². The molecule has 0 spiro atoms. The highest BCUT2D eigenvalue weighted by atomic mass is 32.1. The first-order valence-electron chi connectivity index (χ1n) is 5.72. The van der Waals surface area contributed by atoms with E-state index in [1.54, 1.807) is 13.3 Å². The SMILES string of the molecule is COCCCNC(=S)N/N=C(\C)c1ccccn1. The van der Waals surface area contributed by atoms with Crippen molar-refractivity contribution in [1.82, 2.24) is 15.7 Å². The summed E-state index contributed by atoms with van der Waals surface area (Å²) in [5, 5.41) is 7.70. The van der Waals surface area contributed by atoms with Crippen molar-refractivity contribution in [2.75, 3.05) is 20.3 Å². The molecule has 1 aromatic heterocycles. The van der Waals surface area contributed by atoms with Crippen molar-refractivity contribution in [1.29, 1.82) is 0 Å². The zero-order valence-electron chi connectivity index (χ0n) is 10.6. The standard InChI is InChI=1S/C12H18N4OS/c1-10(11-6-3-4-7-13-11)15-16-12(18)14-8-5-9-17-2/h3-4,6-7H,5,8-9H2,1-2H3,(H2,14,16,18)/b15-10+. The van der Waals surface area contributed by atoms with Crippen molar-refractivity contribution in [3.05, 3.63) is 30.1 Å². The number of thiocarbonyl (C=S) groups is 1. The Morgan fingerprint density at radius 3 is 3.00 bits per heavy atom. The fraction of sp³-hybridized carbons (Fsp3) is 0.417. The van der Waals surface area contributed by atoms with Gasteiger partial charge in [0, 0.05) is 26.5 Å². The Morgan fingerprint density at radius 1 is 1.50 bits per heavy atom. The van der Waals surface area contributed by atoms with Crippen molar-refractivity contribution in [3.63, 3.8) is 0 Å². The van der Waals surface area contributed by atoms with Crippen LogP contribution in [0.4, 0.5) is 0 Å². The van der Waals surface area contributed by atoms with E-state index in [0.717, 1.165) is 24.4 Å². The maximum atomic E-state index is 5.08. The minimum atomic E-state index is 0.501. The van der Waals surface area contributed by atoms with Gasteiger partial charge < -0.3 is 10.1 Å². The molecule has 98 valence electrons. The van der Waals surface area contributed by atoms with E-state index < -0.39 is 0 Å². The molecule has 0 aliphatic heterocycles. The zero-order chi connectivity index (χ0) is 13.2. The topological polar surface area (TPSA) is 58.5 Å². The summed E-state index contributed by atoms with van der Waals surface area (Å²) >= 11 is 5.08. The van der Waals surface area contributed by atoms with E-state index in [1.807, 2.05) is 25.1 Å². The van der Waals surface area contributed by atoms with Gasteiger partial charge in [-0.25, -0.2) is 0 Å². The van der Waals surface area contributed by atoms with Crippen LogP contribution in [0.3, 0.4) is 0 Å². The first-order valence-corrected chi connectivity index (χ1v) is 6.13. The molecule has 0 radical (unpaired) electrons. The average Bonchev–Trinajstić information content (AvgIpc) is 2.42. The summed E-state index contributed by atoms with van der Waals surface area (Å²) in [4.78, 5) is 4.19. The molecular weight excluding hydrogens is 248 g/mol. The lowest BCUT2D eigenvalue weighted by Gasteiger charge is -2.07. The number of rotatable bonds is 6. The number of pyridine rings is 1. The van der Waals surface area contributed by atoms with Gasteiger partial charge in [-0.15, -0.1) is 0 Å². The molecule has 0 fully saturated rings. The first kappa shape index (κ1) is 14.5. The van der Waals surface area contributed by atoms with Gasteiger partial charge in [-0.1, -0.05) is 6.07 Å². The van der Waals surface area contributed by atoms with Crippen LogP contribution in [0.5, 0.6) is 0 Å². The molecule has 0 aromatic carbocycles. The number of hydrogen-bond donors (Lipinski definition) is 2. The van der Waals surface area contributed by atoms with Gasteiger partial charge in [-0.05, 0) is 37.7 Å². The van der Waals surface area contributed by atoms with Gasteiger partial charge in [-0.2, -0.15) is 5.10 Å². The Hall–Kier alpha value is -1.53. The van der Waals surface area contributed by atoms with E-state index >= 15 is 0 Å². The molecule has 0 atom stereocenters. The van der Waals surface area contributed by atoms with E-state index in [2.05, 4.69) is 20.8 Å². The van der Waals surface area contributed by atoms with Gasteiger partial charge in [-0.3, -0.25) is 10.4 Å². The van der Waals surface area contributed by atoms with Gasteiger partial charge in [0.15, 0.2) is 5.11 Å². The van der Waals surface area contributed by atoms with E-state index in [1.165, 1.54) is 0 Å².